The summed E-state index contributed by atoms with van der Waals surface area (Å²) in [5, 5.41) is 4.74. The molecule has 0 fully saturated rings. The molecule has 1 N–H and O–H groups in total. The fourth-order valence-corrected chi connectivity index (χ4v) is 2.88. The van der Waals surface area contributed by atoms with Gasteiger partial charge in [-0.3, -0.25) is 9.78 Å². The van der Waals surface area contributed by atoms with Crippen LogP contribution >= 0.6 is 0 Å². The van der Waals surface area contributed by atoms with Crippen molar-refractivity contribution in [2.45, 2.75) is 19.8 Å². The average molecular weight is 357 g/mol. The Morgan fingerprint density at radius 2 is 1.78 bits per heavy atom. The Hall–Kier alpha value is -3.47. The zero-order valence-electron chi connectivity index (χ0n) is 15.1. The van der Waals surface area contributed by atoms with E-state index in [0.29, 0.717) is 23.1 Å². The summed E-state index contributed by atoms with van der Waals surface area (Å²) in [4.78, 5) is 21.2. The number of carbonyl (C=O) groups is 1. The summed E-state index contributed by atoms with van der Waals surface area (Å²) < 4.78 is 5.76. The van der Waals surface area contributed by atoms with Crippen LogP contribution in [-0.4, -0.2) is 15.9 Å². The summed E-state index contributed by atoms with van der Waals surface area (Å²) in [7, 11) is 0. The normalized spacial score (nSPS) is 11.1. The molecule has 2 aromatic carbocycles. The van der Waals surface area contributed by atoms with Crippen LogP contribution < -0.4 is 5.32 Å². The van der Waals surface area contributed by atoms with Gasteiger partial charge in [0.05, 0.1) is 11.8 Å². The van der Waals surface area contributed by atoms with E-state index in [9.17, 15) is 4.79 Å². The van der Waals surface area contributed by atoms with E-state index in [2.05, 4.69) is 29.1 Å². The van der Waals surface area contributed by atoms with Crippen LogP contribution in [0.4, 0.5) is 5.69 Å². The molecule has 2 heterocycles. The molecule has 4 rings (SSSR count). The van der Waals surface area contributed by atoms with Crippen LogP contribution in [0.1, 0.15) is 35.9 Å². The van der Waals surface area contributed by atoms with E-state index >= 15 is 0 Å². The molecule has 0 bridgehead atoms. The predicted molar refractivity (Wildman–Crippen MR) is 106 cm³/mol. The maximum atomic E-state index is 12.7. The first-order valence-electron chi connectivity index (χ1n) is 8.82. The number of hydrogen-bond donors (Lipinski definition) is 1. The monoisotopic (exact) mass is 357 g/mol. The van der Waals surface area contributed by atoms with Crippen LogP contribution in [0.5, 0.6) is 0 Å². The molecule has 1 amide bonds. The molecule has 4 aromatic rings. The van der Waals surface area contributed by atoms with Gasteiger partial charge in [-0.15, -0.1) is 0 Å². The Morgan fingerprint density at radius 3 is 2.52 bits per heavy atom. The molecule has 0 radical (unpaired) electrons. The zero-order chi connectivity index (χ0) is 18.8. The molecule has 0 aliphatic heterocycles. The van der Waals surface area contributed by atoms with Crippen molar-refractivity contribution in [3.8, 4) is 11.5 Å². The molecule has 5 heteroatoms. The molecule has 0 atom stereocenters. The number of anilines is 1. The largest absolute Gasteiger partial charge is 0.441 e. The molecule has 2 aromatic heterocycles. The first kappa shape index (κ1) is 17.0. The number of carbonyl (C=O) groups excluding carboxylic acids is 1. The first-order valence-corrected chi connectivity index (χ1v) is 8.82. The van der Waals surface area contributed by atoms with Crippen molar-refractivity contribution in [3.05, 3.63) is 78.4 Å². The average Bonchev–Trinajstić information content (AvgIpc) is 3.18. The minimum absolute atomic E-state index is 0.190. The Labute approximate surface area is 157 Å². The third-order valence-corrected chi connectivity index (χ3v) is 4.40. The summed E-state index contributed by atoms with van der Waals surface area (Å²) in [5.74, 6) is 1.53. The Morgan fingerprint density at radius 1 is 1.00 bits per heavy atom. The third kappa shape index (κ3) is 3.44. The second-order valence-electron chi connectivity index (χ2n) is 6.66. The molecule has 0 saturated heterocycles. The highest BCUT2D eigenvalue weighted by Gasteiger charge is 2.12. The smallest absolute Gasteiger partial charge is 0.257 e. The van der Waals surface area contributed by atoms with E-state index in [1.54, 1.807) is 18.6 Å². The number of aromatic nitrogens is 2. The van der Waals surface area contributed by atoms with Crippen molar-refractivity contribution in [1.29, 1.82) is 0 Å². The number of pyridine rings is 1. The number of hydrogen-bond acceptors (Lipinski definition) is 4. The lowest BCUT2D eigenvalue weighted by atomic mass is 10.1. The number of oxazole rings is 1. The fraction of sp³-hybridized carbons (Fsp3) is 0.136. The Kier molecular flexibility index (Phi) is 4.42. The number of nitrogens with one attached hydrogen (secondary N) is 1. The van der Waals surface area contributed by atoms with Crippen molar-refractivity contribution in [3.63, 3.8) is 0 Å². The van der Waals surface area contributed by atoms with Gasteiger partial charge < -0.3 is 9.73 Å². The van der Waals surface area contributed by atoms with Gasteiger partial charge >= 0.3 is 0 Å². The number of fused-ring (bicyclic) bond motifs is 1. The maximum absolute atomic E-state index is 12.7. The van der Waals surface area contributed by atoms with E-state index in [1.165, 1.54) is 0 Å². The van der Waals surface area contributed by atoms with Crippen molar-refractivity contribution in [1.82, 2.24) is 9.97 Å². The highest BCUT2D eigenvalue weighted by atomic mass is 16.4. The van der Waals surface area contributed by atoms with Gasteiger partial charge in [0.25, 0.3) is 5.91 Å². The van der Waals surface area contributed by atoms with Gasteiger partial charge in [0, 0.05) is 34.9 Å². The van der Waals surface area contributed by atoms with E-state index in [0.717, 1.165) is 22.1 Å². The molecular formula is C22H19N3O2. The predicted octanol–water partition coefficient (Wildman–Crippen LogP) is 5.27. The van der Waals surface area contributed by atoms with E-state index in [-0.39, 0.29) is 5.91 Å². The molecule has 134 valence electrons. The standard InChI is InChI=1S/C22H19N3O2/c1-14(2)20-13-24-22(27-20)15-7-9-17(10-8-15)25-21(26)19-12-23-11-16-5-3-4-6-18(16)19/h3-14H,1-2H3,(H,25,26). The van der Waals surface area contributed by atoms with Crippen LogP contribution in [0.15, 0.2) is 71.5 Å². The molecular weight excluding hydrogens is 338 g/mol. The van der Waals surface area contributed by atoms with Gasteiger partial charge in [-0.25, -0.2) is 4.98 Å². The third-order valence-electron chi connectivity index (χ3n) is 4.40. The van der Waals surface area contributed by atoms with Gasteiger partial charge in [0.2, 0.25) is 5.89 Å². The molecule has 0 aliphatic carbocycles. The quantitative estimate of drug-likeness (QED) is 0.540. The Balaban J connectivity index is 1.55. The van der Waals surface area contributed by atoms with Crippen LogP contribution in [0.3, 0.4) is 0 Å². The van der Waals surface area contributed by atoms with Crippen molar-refractivity contribution in [2.24, 2.45) is 0 Å². The van der Waals surface area contributed by atoms with Gasteiger partial charge in [0.1, 0.15) is 5.76 Å². The lowest BCUT2D eigenvalue weighted by Gasteiger charge is -2.08. The maximum Gasteiger partial charge on any atom is 0.257 e. The van der Waals surface area contributed by atoms with Crippen LogP contribution in [0, 0.1) is 0 Å². The SMILES string of the molecule is CC(C)c1cnc(-c2ccc(NC(=O)c3cncc4ccccc34)cc2)o1. The number of nitrogens with zero attached hydrogens (tertiary/aromatic N) is 2. The minimum Gasteiger partial charge on any atom is -0.441 e. The van der Waals surface area contributed by atoms with Crippen LogP contribution in [-0.2, 0) is 0 Å². The zero-order valence-corrected chi connectivity index (χ0v) is 15.1. The van der Waals surface area contributed by atoms with Crippen molar-refractivity contribution >= 4 is 22.4 Å². The lowest BCUT2D eigenvalue weighted by Crippen LogP contribution is -2.12. The Bertz CT molecular complexity index is 1090. The minimum atomic E-state index is -0.190. The fourth-order valence-electron chi connectivity index (χ4n) is 2.88. The summed E-state index contributed by atoms with van der Waals surface area (Å²) in [5.41, 5.74) is 2.12. The topological polar surface area (TPSA) is 68.0 Å². The highest BCUT2D eigenvalue weighted by Crippen LogP contribution is 2.25. The summed E-state index contributed by atoms with van der Waals surface area (Å²) >= 11 is 0. The van der Waals surface area contributed by atoms with Crippen molar-refractivity contribution in [2.75, 3.05) is 5.32 Å². The van der Waals surface area contributed by atoms with Gasteiger partial charge in [-0.2, -0.15) is 0 Å². The summed E-state index contributed by atoms with van der Waals surface area (Å²) in [6.07, 6.45) is 5.10. The number of rotatable bonds is 4. The molecule has 0 saturated carbocycles. The van der Waals surface area contributed by atoms with Gasteiger partial charge in [0.15, 0.2) is 0 Å². The molecule has 5 nitrogen and oxygen atoms in total. The summed E-state index contributed by atoms with van der Waals surface area (Å²) in [6, 6.07) is 15.1. The van der Waals surface area contributed by atoms with Crippen LogP contribution in [0.25, 0.3) is 22.2 Å². The van der Waals surface area contributed by atoms with Gasteiger partial charge in [-0.1, -0.05) is 38.1 Å². The second-order valence-corrected chi connectivity index (χ2v) is 6.66. The molecule has 27 heavy (non-hydrogen) atoms. The highest BCUT2D eigenvalue weighted by molar-refractivity contribution is 6.12. The van der Waals surface area contributed by atoms with E-state index in [1.807, 2.05) is 48.5 Å². The molecule has 0 aliphatic rings. The van der Waals surface area contributed by atoms with Crippen molar-refractivity contribution < 1.29 is 9.21 Å². The lowest BCUT2D eigenvalue weighted by molar-refractivity contribution is 0.102. The second kappa shape index (κ2) is 7.03. The van der Waals surface area contributed by atoms with Crippen LogP contribution in [0.2, 0.25) is 0 Å². The number of amides is 1. The van der Waals surface area contributed by atoms with Gasteiger partial charge in [-0.05, 0) is 29.7 Å². The molecule has 0 unspecified atom stereocenters. The van der Waals surface area contributed by atoms with E-state index in [4.69, 9.17) is 4.42 Å². The summed E-state index contributed by atoms with van der Waals surface area (Å²) in [6.45, 7) is 4.12. The van der Waals surface area contributed by atoms with E-state index < -0.39 is 0 Å². The first-order chi connectivity index (χ1) is 13.1. The number of benzene rings is 2. The molecule has 0 spiro atoms.